The van der Waals surface area contributed by atoms with E-state index in [1.165, 1.54) is 11.8 Å². The second kappa shape index (κ2) is 8.41. The number of benzene rings is 2. The minimum atomic E-state index is -0.404. The van der Waals surface area contributed by atoms with Crippen LogP contribution in [0.4, 0.5) is 5.69 Å². The molecule has 3 rings (SSSR count). The number of ether oxygens (including phenoxy) is 1. The molecular formula is C19H18ClNO3S. The summed E-state index contributed by atoms with van der Waals surface area (Å²) < 4.78 is 5.14. The van der Waals surface area contributed by atoms with E-state index in [4.69, 9.17) is 16.3 Å². The summed E-state index contributed by atoms with van der Waals surface area (Å²) in [7, 11) is 0. The topological polar surface area (TPSA) is 46.6 Å². The summed E-state index contributed by atoms with van der Waals surface area (Å²) in [5.41, 5.74) is 2.08. The van der Waals surface area contributed by atoms with Crippen LogP contribution in [0.5, 0.6) is 0 Å². The predicted octanol–water partition coefficient (Wildman–Crippen LogP) is 3.95. The van der Waals surface area contributed by atoms with E-state index in [0.29, 0.717) is 11.6 Å². The number of carbonyl (C=O) groups excluding carboxylic acids is 2. The molecule has 2 aromatic rings. The van der Waals surface area contributed by atoms with E-state index in [0.717, 1.165) is 29.0 Å². The number of halogens is 1. The standard InChI is InChI=1S/C19H18ClNO3S/c20-15-7-9-16(10-8-15)25-13-19(23)24-12-18(22)21-11-3-5-14-4-1-2-6-17(14)21/h1-2,4,6-10H,3,5,11-13H2. The maximum atomic E-state index is 12.4. The Kier molecular flexibility index (Phi) is 6.00. The second-order valence-corrected chi connectivity index (χ2v) is 7.17. The van der Waals surface area contributed by atoms with Gasteiger partial charge in [-0.1, -0.05) is 29.8 Å². The molecule has 0 saturated carbocycles. The SMILES string of the molecule is O=C(CSc1ccc(Cl)cc1)OCC(=O)N1CCCc2ccccc21. The van der Waals surface area contributed by atoms with Gasteiger partial charge >= 0.3 is 5.97 Å². The summed E-state index contributed by atoms with van der Waals surface area (Å²) in [5, 5.41) is 0.652. The first kappa shape index (κ1) is 17.8. The van der Waals surface area contributed by atoms with E-state index < -0.39 is 5.97 Å². The fourth-order valence-corrected chi connectivity index (χ4v) is 3.55. The monoisotopic (exact) mass is 375 g/mol. The third kappa shape index (κ3) is 4.77. The summed E-state index contributed by atoms with van der Waals surface area (Å²) in [6.45, 7) is 0.432. The first-order valence-electron chi connectivity index (χ1n) is 8.06. The number of hydrogen-bond donors (Lipinski definition) is 0. The van der Waals surface area contributed by atoms with Gasteiger partial charge in [0.25, 0.3) is 5.91 Å². The van der Waals surface area contributed by atoms with Crippen LogP contribution in [0.25, 0.3) is 0 Å². The van der Waals surface area contributed by atoms with Gasteiger partial charge in [-0.15, -0.1) is 11.8 Å². The van der Waals surface area contributed by atoms with Gasteiger partial charge < -0.3 is 9.64 Å². The Bertz CT molecular complexity index is 764. The molecule has 0 aliphatic carbocycles. The van der Waals surface area contributed by atoms with Crippen LogP contribution in [0.1, 0.15) is 12.0 Å². The van der Waals surface area contributed by atoms with Crippen molar-refractivity contribution in [3.8, 4) is 0 Å². The van der Waals surface area contributed by atoms with Gasteiger partial charge in [-0.25, -0.2) is 0 Å². The summed E-state index contributed by atoms with van der Waals surface area (Å²) in [6.07, 6.45) is 1.89. The third-order valence-electron chi connectivity index (χ3n) is 3.94. The molecule has 0 radical (unpaired) electrons. The van der Waals surface area contributed by atoms with Crippen molar-refractivity contribution >= 4 is 40.9 Å². The molecule has 0 bridgehead atoms. The van der Waals surface area contributed by atoms with Gasteiger partial charge in [0.2, 0.25) is 0 Å². The van der Waals surface area contributed by atoms with E-state index in [1.54, 1.807) is 17.0 Å². The molecule has 0 N–H and O–H groups in total. The van der Waals surface area contributed by atoms with Gasteiger partial charge in [0.1, 0.15) is 0 Å². The molecule has 1 amide bonds. The van der Waals surface area contributed by atoms with Gasteiger partial charge in [-0.3, -0.25) is 9.59 Å². The number of anilines is 1. The molecule has 6 heteroatoms. The Morgan fingerprint density at radius 3 is 2.68 bits per heavy atom. The number of thioether (sulfide) groups is 1. The summed E-state index contributed by atoms with van der Waals surface area (Å²) >= 11 is 7.18. The number of aryl methyl sites for hydroxylation is 1. The van der Waals surface area contributed by atoms with E-state index in [1.807, 2.05) is 36.4 Å². The second-order valence-electron chi connectivity index (χ2n) is 5.68. The molecule has 0 aromatic heterocycles. The van der Waals surface area contributed by atoms with Crippen molar-refractivity contribution in [2.45, 2.75) is 17.7 Å². The number of hydrogen-bond acceptors (Lipinski definition) is 4. The molecule has 1 heterocycles. The highest BCUT2D eigenvalue weighted by atomic mass is 35.5. The van der Waals surface area contributed by atoms with E-state index in [2.05, 4.69) is 0 Å². The van der Waals surface area contributed by atoms with Gasteiger partial charge in [-0.2, -0.15) is 0 Å². The van der Waals surface area contributed by atoms with Crippen molar-refractivity contribution in [3.63, 3.8) is 0 Å². The Morgan fingerprint density at radius 2 is 1.88 bits per heavy atom. The fourth-order valence-electron chi connectivity index (χ4n) is 2.73. The molecule has 130 valence electrons. The van der Waals surface area contributed by atoms with E-state index in [-0.39, 0.29) is 18.3 Å². The number of amides is 1. The highest BCUT2D eigenvalue weighted by Gasteiger charge is 2.22. The predicted molar refractivity (Wildman–Crippen MR) is 100 cm³/mol. The van der Waals surface area contributed by atoms with Crippen LogP contribution in [-0.4, -0.2) is 30.8 Å². The Balaban J connectivity index is 1.49. The highest BCUT2D eigenvalue weighted by Crippen LogP contribution is 2.26. The third-order valence-corrected chi connectivity index (χ3v) is 5.18. The van der Waals surface area contributed by atoms with Crippen molar-refractivity contribution in [3.05, 3.63) is 59.1 Å². The zero-order valence-electron chi connectivity index (χ0n) is 13.6. The average molecular weight is 376 g/mol. The first-order chi connectivity index (χ1) is 12.1. The van der Waals surface area contributed by atoms with Gasteiger partial charge in [0.15, 0.2) is 6.61 Å². The number of nitrogens with zero attached hydrogens (tertiary/aromatic N) is 1. The lowest BCUT2D eigenvalue weighted by molar-refractivity contribution is -0.145. The maximum absolute atomic E-state index is 12.4. The normalized spacial score (nSPS) is 13.2. The smallest absolute Gasteiger partial charge is 0.316 e. The first-order valence-corrected chi connectivity index (χ1v) is 9.42. The lowest BCUT2D eigenvalue weighted by atomic mass is 10.0. The van der Waals surface area contributed by atoms with Gasteiger partial charge in [0.05, 0.1) is 5.75 Å². The maximum Gasteiger partial charge on any atom is 0.316 e. The van der Waals surface area contributed by atoms with Gasteiger partial charge in [-0.05, 0) is 48.7 Å². The lowest BCUT2D eigenvalue weighted by Gasteiger charge is -2.29. The molecule has 0 unspecified atom stereocenters. The van der Waals surface area contributed by atoms with Crippen molar-refractivity contribution in [1.29, 1.82) is 0 Å². The van der Waals surface area contributed by atoms with Crippen LogP contribution >= 0.6 is 23.4 Å². The largest absolute Gasteiger partial charge is 0.455 e. The Hall–Kier alpha value is -1.98. The highest BCUT2D eigenvalue weighted by molar-refractivity contribution is 8.00. The molecule has 25 heavy (non-hydrogen) atoms. The van der Waals surface area contributed by atoms with Crippen LogP contribution < -0.4 is 4.90 Å². The molecule has 4 nitrogen and oxygen atoms in total. The molecule has 0 atom stereocenters. The van der Waals surface area contributed by atoms with Crippen molar-refractivity contribution in [2.75, 3.05) is 23.8 Å². The quantitative estimate of drug-likeness (QED) is 0.586. The van der Waals surface area contributed by atoms with Crippen molar-refractivity contribution in [2.24, 2.45) is 0 Å². The number of esters is 1. The molecule has 1 aliphatic heterocycles. The van der Waals surface area contributed by atoms with Crippen LogP contribution in [0, 0.1) is 0 Å². The van der Waals surface area contributed by atoms with Gasteiger partial charge in [0, 0.05) is 22.2 Å². The van der Waals surface area contributed by atoms with Crippen LogP contribution in [0.2, 0.25) is 5.02 Å². The molecule has 0 fully saturated rings. The minimum absolute atomic E-state index is 0.158. The van der Waals surface area contributed by atoms with Crippen LogP contribution in [0.15, 0.2) is 53.4 Å². The molecule has 1 aliphatic rings. The zero-order chi connectivity index (χ0) is 17.6. The van der Waals surface area contributed by atoms with E-state index >= 15 is 0 Å². The fraction of sp³-hybridized carbons (Fsp3) is 0.263. The minimum Gasteiger partial charge on any atom is -0.455 e. The lowest BCUT2D eigenvalue weighted by Crippen LogP contribution is -2.38. The molecular weight excluding hydrogens is 358 g/mol. The van der Waals surface area contributed by atoms with Crippen molar-refractivity contribution < 1.29 is 14.3 Å². The molecule has 0 saturated heterocycles. The summed E-state index contributed by atoms with van der Waals surface area (Å²) in [4.78, 5) is 26.9. The van der Waals surface area contributed by atoms with Crippen LogP contribution in [0.3, 0.4) is 0 Å². The van der Waals surface area contributed by atoms with Crippen LogP contribution in [-0.2, 0) is 20.7 Å². The number of fused-ring (bicyclic) bond motifs is 1. The zero-order valence-corrected chi connectivity index (χ0v) is 15.2. The van der Waals surface area contributed by atoms with Crippen molar-refractivity contribution in [1.82, 2.24) is 0 Å². The Morgan fingerprint density at radius 1 is 1.12 bits per heavy atom. The summed E-state index contributed by atoms with van der Waals surface area (Å²) in [5.74, 6) is -0.429. The number of para-hydroxylation sites is 1. The Labute approximate surface area is 156 Å². The number of carbonyl (C=O) groups is 2. The number of rotatable bonds is 5. The molecule has 2 aromatic carbocycles. The average Bonchev–Trinajstić information content (AvgIpc) is 2.65. The molecule has 0 spiro atoms. The summed E-state index contributed by atoms with van der Waals surface area (Å²) in [6, 6.07) is 15.1. The van der Waals surface area contributed by atoms with E-state index in [9.17, 15) is 9.59 Å².